The molecular weight excluding hydrogens is 316 g/mol. The molecule has 0 fully saturated rings. The highest BCUT2D eigenvalue weighted by atomic mass is 32.2. The maximum absolute atomic E-state index is 12.0. The number of benzene rings is 2. The highest BCUT2D eigenvalue weighted by Gasteiger charge is 2.10. The van der Waals surface area contributed by atoms with Crippen molar-refractivity contribution in [2.75, 3.05) is 0 Å². The van der Waals surface area contributed by atoms with Crippen molar-refractivity contribution in [2.45, 2.75) is 11.4 Å². The van der Waals surface area contributed by atoms with Gasteiger partial charge in [0.05, 0.1) is 17.1 Å². The number of hydrogen-bond acceptors (Lipinski definition) is 3. The molecule has 0 aliphatic carbocycles. The van der Waals surface area contributed by atoms with Crippen LogP contribution < -0.4 is 5.56 Å². The number of hydrogen-bond donors (Lipinski definition) is 2. The Labute approximate surface area is 132 Å². The fourth-order valence-electron chi connectivity index (χ4n) is 2.27. The monoisotopic (exact) mass is 330 g/mol. The molecule has 118 valence electrons. The summed E-state index contributed by atoms with van der Waals surface area (Å²) in [5, 5.41) is 3.03. The van der Waals surface area contributed by atoms with Crippen molar-refractivity contribution < 1.29 is 13.0 Å². The zero-order valence-electron chi connectivity index (χ0n) is 12.0. The largest absolute Gasteiger partial charge is 0.295 e. The molecule has 7 heteroatoms. The second-order valence-electron chi connectivity index (χ2n) is 5.08. The molecule has 1 heterocycles. The molecule has 0 unspecified atom stereocenters. The molecular formula is C16H14N2O4S. The Balaban J connectivity index is 1.87. The zero-order valence-corrected chi connectivity index (χ0v) is 12.8. The molecule has 2 aromatic carbocycles. The van der Waals surface area contributed by atoms with Crippen LogP contribution in [-0.2, 0) is 16.7 Å². The van der Waals surface area contributed by atoms with Crippen molar-refractivity contribution >= 4 is 10.1 Å². The second kappa shape index (κ2) is 5.86. The molecule has 0 aliphatic heterocycles. The lowest BCUT2D eigenvalue weighted by Gasteiger charge is -2.04. The fraction of sp³-hybridized carbons (Fsp3) is 0.0625. The van der Waals surface area contributed by atoms with Crippen molar-refractivity contribution in [1.82, 2.24) is 9.78 Å². The summed E-state index contributed by atoms with van der Waals surface area (Å²) in [5.74, 6) is 0. The Hall–Kier alpha value is -2.64. The Kier molecular flexibility index (Phi) is 3.89. The highest BCUT2D eigenvalue weighted by molar-refractivity contribution is 7.85. The summed E-state index contributed by atoms with van der Waals surface area (Å²) < 4.78 is 32.4. The van der Waals surface area contributed by atoms with Crippen LogP contribution in [0.1, 0.15) is 5.56 Å². The van der Waals surface area contributed by atoms with Gasteiger partial charge in [0.1, 0.15) is 0 Å². The predicted octanol–water partition coefficient (Wildman–Crippen LogP) is 2.14. The average molecular weight is 330 g/mol. The summed E-state index contributed by atoms with van der Waals surface area (Å²) in [6, 6.07) is 16.7. The van der Waals surface area contributed by atoms with Crippen LogP contribution in [0, 0.1) is 0 Å². The van der Waals surface area contributed by atoms with Gasteiger partial charge in [-0.3, -0.25) is 14.4 Å². The van der Waals surface area contributed by atoms with Crippen molar-refractivity contribution in [3.05, 3.63) is 76.6 Å². The lowest BCUT2D eigenvalue weighted by molar-refractivity contribution is 0.483. The molecule has 2 N–H and O–H groups in total. The van der Waals surface area contributed by atoms with Gasteiger partial charge in [-0.15, -0.1) is 0 Å². The normalized spacial score (nSPS) is 11.5. The van der Waals surface area contributed by atoms with E-state index in [2.05, 4.69) is 5.10 Å². The van der Waals surface area contributed by atoms with Crippen LogP contribution in [0.2, 0.25) is 0 Å². The average Bonchev–Trinajstić information content (AvgIpc) is 2.89. The van der Waals surface area contributed by atoms with E-state index in [1.807, 2.05) is 30.3 Å². The van der Waals surface area contributed by atoms with Crippen LogP contribution in [0.4, 0.5) is 0 Å². The van der Waals surface area contributed by atoms with Gasteiger partial charge in [0, 0.05) is 6.07 Å². The molecule has 3 rings (SSSR count). The molecule has 0 aliphatic rings. The molecule has 1 aromatic heterocycles. The smallest absolute Gasteiger partial charge is 0.294 e. The van der Waals surface area contributed by atoms with E-state index in [0.29, 0.717) is 5.69 Å². The Morgan fingerprint density at radius 1 is 1.00 bits per heavy atom. The van der Waals surface area contributed by atoms with E-state index in [4.69, 9.17) is 4.55 Å². The quantitative estimate of drug-likeness (QED) is 0.717. The summed E-state index contributed by atoms with van der Waals surface area (Å²) in [6.45, 7) is 0.275. The number of H-pyrrole nitrogens is 1. The minimum Gasteiger partial charge on any atom is -0.295 e. The van der Waals surface area contributed by atoms with Crippen LogP contribution in [0.5, 0.6) is 0 Å². The summed E-state index contributed by atoms with van der Waals surface area (Å²) in [6.07, 6.45) is 0. The first-order valence-electron chi connectivity index (χ1n) is 6.85. The predicted molar refractivity (Wildman–Crippen MR) is 85.8 cm³/mol. The number of nitrogens with zero attached hydrogens (tertiary/aromatic N) is 1. The molecule has 23 heavy (non-hydrogen) atoms. The fourth-order valence-corrected chi connectivity index (χ4v) is 2.75. The van der Waals surface area contributed by atoms with Gasteiger partial charge < -0.3 is 0 Å². The lowest BCUT2D eigenvalue weighted by Crippen LogP contribution is -2.16. The van der Waals surface area contributed by atoms with Crippen LogP contribution in [0.25, 0.3) is 11.3 Å². The highest BCUT2D eigenvalue weighted by Crippen LogP contribution is 2.15. The number of aromatic amines is 1. The molecule has 6 nitrogen and oxygen atoms in total. The van der Waals surface area contributed by atoms with Gasteiger partial charge in [0.15, 0.2) is 0 Å². The summed E-state index contributed by atoms with van der Waals surface area (Å²) in [4.78, 5) is 11.9. The number of rotatable bonds is 4. The van der Waals surface area contributed by atoms with Gasteiger partial charge in [0.25, 0.3) is 15.7 Å². The minimum absolute atomic E-state index is 0.176. The van der Waals surface area contributed by atoms with Gasteiger partial charge in [-0.1, -0.05) is 42.5 Å². The first-order valence-corrected chi connectivity index (χ1v) is 8.29. The molecule has 0 bridgehead atoms. The Morgan fingerprint density at radius 2 is 1.65 bits per heavy atom. The third-order valence-corrected chi connectivity index (χ3v) is 4.30. The van der Waals surface area contributed by atoms with E-state index in [0.717, 1.165) is 11.1 Å². The Morgan fingerprint density at radius 3 is 2.26 bits per heavy atom. The molecule has 0 radical (unpaired) electrons. The van der Waals surface area contributed by atoms with Gasteiger partial charge in [0.2, 0.25) is 0 Å². The van der Waals surface area contributed by atoms with Crippen LogP contribution >= 0.6 is 0 Å². The van der Waals surface area contributed by atoms with Gasteiger partial charge in [-0.25, -0.2) is 4.68 Å². The summed E-state index contributed by atoms with van der Waals surface area (Å²) in [7, 11) is -4.21. The van der Waals surface area contributed by atoms with Crippen LogP contribution in [0.3, 0.4) is 0 Å². The molecule has 0 saturated heterocycles. The SMILES string of the molecule is O=c1cc(-c2ccccc2)[nH]n1Cc1ccc(S(=O)(=O)O)cc1. The zero-order chi connectivity index (χ0) is 16.4. The van der Waals surface area contributed by atoms with E-state index in [1.54, 1.807) is 12.1 Å². The topological polar surface area (TPSA) is 92.2 Å². The lowest BCUT2D eigenvalue weighted by atomic mass is 10.2. The van der Waals surface area contributed by atoms with Gasteiger partial charge in [-0.2, -0.15) is 8.42 Å². The van der Waals surface area contributed by atoms with E-state index < -0.39 is 10.1 Å². The summed E-state index contributed by atoms with van der Waals surface area (Å²) in [5.41, 5.74) is 2.18. The van der Waals surface area contributed by atoms with Gasteiger partial charge in [-0.05, 0) is 23.3 Å². The van der Waals surface area contributed by atoms with Crippen molar-refractivity contribution in [1.29, 1.82) is 0 Å². The number of aromatic nitrogens is 2. The van der Waals surface area contributed by atoms with Crippen molar-refractivity contribution in [2.24, 2.45) is 0 Å². The maximum atomic E-state index is 12.0. The molecule has 0 amide bonds. The first-order chi connectivity index (χ1) is 10.9. The maximum Gasteiger partial charge on any atom is 0.294 e. The van der Waals surface area contributed by atoms with E-state index >= 15 is 0 Å². The number of nitrogens with one attached hydrogen (secondary N) is 1. The third kappa shape index (κ3) is 3.41. The van der Waals surface area contributed by atoms with Crippen LogP contribution in [0.15, 0.2) is 70.4 Å². The standard InChI is InChI=1S/C16H14N2O4S/c19-16-10-15(13-4-2-1-3-5-13)17-18(16)11-12-6-8-14(9-7-12)23(20,21)22/h1-10,17H,11H2,(H,20,21,22). The molecule has 0 spiro atoms. The van der Waals surface area contributed by atoms with E-state index in [1.165, 1.54) is 22.9 Å². The molecule has 3 aromatic rings. The van der Waals surface area contributed by atoms with Crippen LogP contribution in [-0.4, -0.2) is 22.8 Å². The van der Waals surface area contributed by atoms with E-state index in [9.17, 15) is 13.2 Å². The van der Waals surface area contributed by atoms with Crippen molar-refractivity contribution in [3.63, 3.8) is 0 Å². The minimum atomic E-state index is -4.21. The molecule has 0 atom stereocenters. The van der Waals surface area contributed by atoms with Gasteiger partial charge >= 0.3 is 0 Å². The van der Waals surface area contributed by atoms with Crippen molar-refractivity contribution in [3.8, 4) is 11.3 Å². The third-order valence-electron chi connectivity index (χ3n) is 3.44. The Bertz CT molecular complexity index is 971. The molecule has 0 saturated carbocycles. The first kappa shape index (κ1) is 15.3. The second-order valence-corrected chi connectivity index (χ2v) is 6.50. The summed E-state index contributed by atoms with van der Waals surface area (Å²) >= 11 is 0. The van der Waals surface area contributed by atoms with E-state index in [-0.39, 0.29) is 17.0 Å².